The Hall–Kier alpha value is -6.13. The fraction of sp³-hybridized carbons (Fsp3) is 0.0182. The van der Waals surface area contributed by atoms with Crippen LogP contribution in [0, 0.1) is 6.92 Å². The Morgan fingerprint density at radius 3 is 0.931 bits per heavy atom. The molecule has 2 aliphatic rings. The molecule has 0 radical (unpaired) electrons. The van der Waals surface area contributed by atoms with E-state index >= 15 is 0 Å². The normalized spacial score (nSPS) is 14.2. The van der Waals surface area contributed by atoms with Gasteiger partial charge in [-0.05, 0) is 0 Å². The first-order valence-electron chi connectivity index (χ1n) is 20.3. The van der Waals surface area contributed by atoms with Crippen molar-refractivity contribution in [1.29, 1.82) is 0 Å². The summed E-state index contributed by atoms with van der Waals surface area (Å²) in [6.07, 6.45) is 0. The third-order valence-corrected chi connectivity index (χ3v) is 32.7. The van der Waals surface area contributed by atoms with E-state index in [9.17, 15) is 0 Å². The third kappa shape index (κ3) is 5.16. The van der Waals surface area contributed by atoms with E-state index < -0.39 is 26.5 Å². The van der Waals surface area contributed by atoms with Crippen molar-refractivity contribution < 1.29 is 0 Å². The maximum absolute atomic E-state index is 3.82. The SMILES string of the molecule is Cc1c[c]2c3[c](c1)[Ge]([c]1ccccc1)([c]1ccccc1)[c]1cc(-c4ccccc4)ccc1N3c1ccc(-c3ccccc3)c[c]1[Ge]2([c]1ccccc1)[c]1ccccc1. The van der Waals surface area contributed by atoms with Crippen LogP contribution in [0.3, 0.4) is 0 Å². The number of fused-ring (bicyclic) bond motifs is 4. The van der Waals surface area contributed by atoms with Gasteiger partial charge in [-0.15, -0.1) is 0 Å². The molecule has 0 saturated heterocycles. The molecule has 2 heterocycles. The second kappa shape index (κ2) is 14.1. The molecule has 3 heteroatoms. The van der Waals surface area contributed by atoms with Gasteiger partial charge in [0.05, 0.1) is 0 Å². The molecule has 0 bridgehead atoms. The Balaban J connectivity index is 1.36. The summed E-state index contributed by atoms with van der Waals surface area (Å²) < 4.78 is 11.8. The second-order valence-electron chi connectivity index (χ2n) is 15.7. The number of hydrogen-bond acceptors (Lipinski definition) is 1. The quantitative estimate of drug-likeness (QED) is 0.153. The zero-order valence-electron chi connectivity index (χ0n) is 32.4. The van der Waals surface area contributed by atoms with Crippen LogP contribution < -0.4 is 40.1 Å². The van der Waals surface area contributed by atoms with Gasteiger partial charge in [0.15, 0.2) is 0 Å². The van der Waals surface area contributed by atoms with E-state index in [1.54, 1.807) is 0 Å². The van der Waals surface area contributed by atoms with Crippen molar-refractivity contribution in [2.24, 2.45) is 0 Å². The molecule has 0 aliphatic carbocycles. The first kappa shape index (κ1) is 35.1. The van der Waals surface area contributed by atoms with E-state index in [0.717, 1.165) is 0 Å². The van der Waals surface area contributed by atoms with Gasteiger partial charge in [-0.2, -0.15) is 0 Å². The van der Waals surface area contributed by atoms with Crippen molar-refractivity contribution >= 4 is 78.8 Å². The predicted molar refractivity (Wildman–Crippen MR) is 251 cm³/mol. The van der Waals surface area contributed by atoms with Gasteiger partial charge in [0.25, 0.3) is 0 Å². The second-order valence-corrected chi connectivity index (χ2v) is 31.4. The van der Waals surface area contributed by atoms with Crippen molar-refractivity contribution in [1.82, 2.24) is 0 Å². The number of nitrogens with zero attached hydrogens (tertiary/aromatic N) is 1. The summed E-state index contributed by atoms with van der Waals surface area (Å²) in [4.78, 5) is 2.70. The van der Waals surface area contributed by atoms with Gasteiger partial charge in [-0.3, -0.25) is 0 Å². The summed E-state index contributed by atoms with van der Waals surface area (Å²) in [6, 6.07) is 88.1. The molecule has 0 unspecified atom stereocenters. The minimum atomic E-state index is -3.82. The van der Waals surface area contributed by atoms with Crippen LogP contribution in [0.5, 0.6) is 0 Å². The standard InChI is InChI=1S/C55H41Ge2N/c1-40-36-51-55-52(37-40)57(47-28-16-6-17-29-47,48-30-18-7-19-31-48)50-39-44(42-22-10-3-11-23-42)33-35-54(50)58(55)53-34-32-43(41-20-8-2-9-21-41)38-49(53)56(51,45-24-12-4-13-25-45)46-26-14-5-15-27-46/h2-39H,1H3. The van der Waals surface area contributed by atoms with E-state index in [-0.39, 0.29) is 0 Å². The molecule has 1 nitrogen and oxygen atoms in total. The van der Waals surface area contributed by atoms with Crippen molar-refractivity contribution in [2.75, 3.05) is 4.90 Å². The van der Waals surface area contributed by atoms with E-state index in [4.69, 9.17) is 0 Å². The van der Waals surface area contributed by atoms with Crippen LogP contribution in [-0.2, 0) is 0 Å². The molecule has 0 N–H and O–H groups in total. The fourth-order valence-electron chi connectivity index (χ4n) is 10.3. The summed E-state index contributed by atoms with van der Waals surface area (Å²) in [5, 5.41) is 0. The number of anilines is 3. The monoisotopic (exact) mass is 863 g/mol. The van der Waals surface area contributed by atoms with Crippen LogP contribution in [0.2, 0.25) is 0 Å². The third-order valence-electron chi connectivity index (χ3n) is 12.6. The van der Waals surface area contributed by atoms with Gasteiger partial charge in [0.1, 0.15) is 0 Å². The summed E-state index contributed by atoms with van der Waals surface area (Å²) in [5.41, 5.74) is 10.3. The zero-order valence-corrected chi connectivity index (χ0v) is 36.6. The molecule has 2 aliphatic heterocycles. The van der Waals surface area contributed by atoms with Crippen molar-refractivity contribution in [3.8, 4) is 22.3 Å². The average Bonchev–Trinajstić information content (AvgIpc) is 3.30. The summed E-state index contributed by atoms with van der Waals surface area (Å²) in [6.45, 7) is 2.35. The number of rotatable bonds is 6. The Bertz CT molecular complexity index is 2650. The van der Waals surface area contributed by atoms with E-state index in [2.05, 4.69) is 242 Å². The van der Waals surface area contributed by atoms with E-state index in [1.807, 2.05) is 0 Å². The van der Waals surface area contributed by atoms with Gasteiger partial charge in [0, 0.05) is 0 Å². The van der Waals surface area contributed by atoms with Crippen LogP contribution in [0.25, 0.3) is 22.3 Å². The van der Waals surface area contributed by atoms with Crippen LogP contribution in [-0.4, -0.2) is 26.5 Å². The van der Waals surface area contributed by atoms with E-state index in [1.165, 1.54) is 80.0 Å². The van der Waals surface area contributed by atoms with Gasteiger partial charge >= 0.3 is 349 Å². The Labute approximate surface area is 346 Å². The van der Waals surface area contributed by atoms with Crippen molar-refractivity contribution in [3.05, 3.63) is 236 Å². The molecule has 0 atom stereocenters. The van der Waals surface area contributed by atoms with Crippen molar-refractivity contribution in [2.45, 2.75) is 6.92 Å². The topological polar surface area (TPSA) is 3.24 Å². The number of aryl methyl sites for hydroxylation is 1. The number of hydrogen-bond donors (Lipinski definition) is 0. The maximum atomic E-state index is 2.70. The first-order valence-corrected chi connectivity index (χ1v) is 28.7. The molecule has 9 aromatic rings. The van der Waals surface area contributed by atoms with E-state index in [0.29, 0.717) is 0 Å². The van der Waals surface area contributed by atoms with Crippen LogP contribution in [0.1, 0.15) is 5.56 Å². The minimum absolute atomic E-state index is 1.24. The van der Waals surface area contributed by atoms with Crippen LogP contribution in [0.15, 0.2) is 231 Å². The molecule has 11 rings (SSSR count). The molecule has 9 aromatic carbocycles. The van der Waals surface area contributed by atoms with Gasteiger partial charge < -0.3 is 0 Å². The molecule has 274 valence electrons. The molecule has 0 amide bonds. The van der Waals surface area contributed by atoms with Crippen LogP contribution >= 0.6 is 0 Å². The zero-order chi connectivity index (χ0) is 38.7. The number of benzene rings is 9. The first-order chi connectivity index (χ1) is 28.7. The Morgan fingerprint density at radius 2 is 0.603 bits per heavy atom. The van der Waals surface area contributed by atoms with Crippen molar-refractivity contribution in [3.63, 3.8) is 0 Å². The molecular formula is C55H41Ge2N. The molecule has 0 fully saturated rings. The average molecular weight is 861 g/mol. The Kier molecular flexibility index (Phi) is 8.50. The van der Waals surface area contributed by atoms with Gasteiger partial charge in [0.2, 0.25) is 0 Å². The van der Waals surface area contributed by atoms with Gasteiger partial charge in [-0.1, -0.05) is 0 Å². The predicted octanol–water partition coefficient (Wildman–Crippen LogP) is 8.18. The molecular weight excluding hydrogens is 820 g/mol. The molecule has 0 spiro atoms. The van der Waals surface area contributed by atoms with Crippen LogP contribution in [0.4, 0.5) is 17.1 Å². The molecule has 0 aromatic heterocycles. The summed E-state index contributed by atoms with van der Waals surface area (Å²) in [7, 11) is 0. The fourth-order valence-corrected chi connectivity index (χ4v) is 32.8. The summed E-state index contributed by atoms with van der Waals surface area (Å²) >= 11 is -7.64. The molecule has 0 saturated carbocycles. The summed E-state index contributed by atoms with van der Waals surface area (Å²) in [5.74, 6) is 0. The van der Waals surface area contributed by atoms with Gasteiger partial charge in [-0.25, -0.2) is 0 Å². The molecule has 58 heavy (non-hydrogen) atoms. The Morgan fingerprint density at radius 1 is 0.293 bits per heavy atom.